The van der Waals surface area contributed by atoms with Gasteiger partial charge in [-0.3, -0.25) is 4.79 Å². The number of ether oxygens (including phenoxy) is 2. The van der Waals surface area contributed by atoms with Crippen LogP contribution in [0.1, 0.15) is 174 Å². The summed E-state index contributed by atoms with van der Waals surface area (Å²) in [5, 5.41) is 9.51. The maximum Gasteiger partial charge on any atom is 0.306 e. The van der Waals surface area contributed by atoms with E-state index in [4.69, 9.17) is 9.47 Å². The van der Waals surface area contributed by atoms with Crippen molar-refractivity contribution in [2.24, 2.45) is 0 Å². The summed E-state index contributed by atoms with van der Waals surface area (Å²) in [6.45, 7) is 5.31. The summed E-state index contributed by atoms with van der Waals surface area (Å²) in [5.41, 5.74) is 0. The molecule has 0 amide bonds. The first kappa shape index (κ1) is 38.9. The Morgan fingerprint density at radius 1 is 0.600 bits per heavy atom. The van der Waals surface area contributed by atoms with Gasteiger partial charge in [-0.05, 0) is 44.9 Å². The van der Waals surface area contributed by atoms with Gasteiger partial charge in [-0.25, -0.2) is 0 Å². The molecule has 0 aromatic rings. The van der Waals surface area contributed by atoms with Crippen molar-refractivity contribution in [3.05, 3.63) is 24.3 Å². The highest BCUT2D eigenvalue weighted by atomic mass is 16.6. The van der Waals surface area contributed by atoms with Crippen molar-refractivity contribution in [2.45, 2.75) is 180 Å². The number of aliphatic hydroxyl groups is 1. The molecule has 0 bridgehead atoms. The Balaban J connectivity index is 3.43. The molecule has 0 aromatic carbocycles. The Morgan fingerprint density at radius 3 is 1.60 bits per heavy atom. The van der Waals surface area contributed by atoms with Crippen LogP contribution in [0.3, 0.4) is 0 Å². The van der Waals surface area contributed by atoms with E-state index in [1.165, 1.54) is 128 Å². The van der Waals surface area contributed by atoms with Crippen molar-refractivity contribution < 1.29 is 19.4 Å². The van der Waals surface area contributed by atoms with Crippen LogP contribution in [0.4, 0.5) is 0 Å². The fourth-order valence-electron chi connectivity index (χ4n) is 4.89. The highest BCUT2D eigenvalue weighted by Gasteiger charge is 2.13. The molecule has 0 aliphatic carbocycles. The Bertz CT molecular complexity index is 557. The van der Waals surface area contributed by atoms with Crippen molar-refractivity contribution >= 4 is 5.97 Å². The van der Waals surface area contributed by atoms with Crippen LogP contribution in [0.15, 0.2) is 24.3 Å². The third-order valence-corrected chi connectivity index (χ3v) is 7.53. The van der Waals surface area contributed by atoms with Gasteiger partial charge >= 0.3 is 5.97 Å². The van der Waals surface area contributed by atoms with Gasteiger partial charge in [0.05, 0.1) is 13.2 Å². The number of aliphatic hydroxyl groups excluding tert-OH is 1. The van der Waals surface area contributed by atoms with Gasteiger partial charge in [-0.2, -0.15) is 0 Å². The van der Waals surface area contributed by atoms with Crippen molar-refractivity contribution in [1.29, 1.82) is 0 Å². The summed E-state index contributed by atoms with van der Waals surface area (Å²) >= 11 is 0. The highest BCUT2D eigenvalue weighted by molar-refractivity contribution is 5.69. The van der Waals surface area contributed by atoms with Gasteiger partial charge in [0.25, 0.3) is 0 Å². The second-order valence-corrected chi connectivity index (χ2v) is 11.6. The first-order valence-corrected chi connectivity index (χ1v) is 17.4. The summed E-state index contributed by atoms with van der Waals surface area (Å²) in [7, 11) is 0. The van der Waals surface area contributed by atoms with Gasteiger partial charge in [0.15, 0.2) is 0 Å². The minimum absolute atomic E-state index is 0.170. The van der Waals surface area contributed by atoms with Crippen LogP contribution in [0.2, 0.25) is 0 Å². The number of hydrogen-bond acceptors (Lipinski definition) is 4. The number of rotatable bonds is 32. The first-order valence-electron chi connectivity index (χ1n) is 17.4. The van der Waals surface area contributed by atoms with E-state index in [0.29, 0.717) is 19.6 Å². The zero-order chi connectivity index (χ0) is 29.2. The van der Waals surface area contributed by atoms with E-state index in [-0.39, 0.29) is 12.6 Å². The van der Waals surface area contributed by atoms with Crippen LogP contribution in [0, 0.1) is 0 Å². The van der Waals surface area contributed by atoms with E-state index in [1.54, 1.807) is 0 Å². The number of carbonyl (C=O) groups excluding carboxylic acids is 1. The predicted octanol–water partition coefficient (Wildman–Crippen LogP) is 10.8. The average Bonchev–Trinajstić information content (AvgIpc) is 2.96. The van der Waals surface area contributed by atoms with Crippen LogP contribution in [-0.4, -0.2) is 37.0 Å². The van der Waals surface area contributed by atoms with Gasteiger partial charge in [0.1, 0.15) is 6.10 Å². The largest absolute Gasteiger partial charge is 0.457 e. The predicted molar refractivity (Wildman–Crippen MR) is 173 cm³/mol. The molecule has 0 spiro atoms. The fourth-order valence-corrected chi connectivity index (χ4v) is 4.89. The van der Waals surface area contributed by atoms with Crippen molar-refractivity contribution in [2.75, 3.05) is 19.8 Å². The zero-order valence-electron chi connectivity index (χ0n) is 26.9. The third kappa shape index (κ3) is 31.4. The molecule has 0 fully saturated rings. The van der Waals surface area contributed by atoms with E-state index in [1.807, 2.05) is 0 Å². The Labute approximate surface area is 249 Å². The molecule has 0 aromatic heterocycles. The summed E-state index contributed by atoms with van der Waals surface area (Å²) < 4.78 is 11.1. The normalized spacial score (nSPS) is 12.6. The lowest BCUT2D eigenvalue weighted by atomic mass is 10.1. The highest BCUT2D eigenvalue weighted by Crippen LogP contribution is 2.13. The molecule has 0 radical (unpaired) electrons. The van der Waals surface area contributed by atoms with Gasteiger partial charge < -0.3 is 14.6 Å². The van der Waals surface area contributed by atoms with Crippen LogP contribution in [-0.2, 0) is 14.3 Å². The standard InChI is InChI=1S/C36H68O4/c1-3-5-7-9-11-13-14-15-16-17-18-19-20-21-22-23-25-27-29-31-36(38)40-35(33-37)34-39-32-30-28-26-24-12-10-8-6-4-2/h11,13,15-16,35,37H,3-10,12,14,17-34H2,1-2H3/b13-11-,16-15-. The van der Waals surface area contributed by atoms with Crippen molar-refractivity contribution in [1.82, 2.24) is 0 Å². The summed E-state index contributed by atoms with van der Waals surface area (Å²) in [6, 6.07) is 0. The average molecular weight is 565 g/mol. The molecule has 0 heterocycles. The summed E-state index contributed by atoms with van der Waals surface area (Å²) in [6.07, 6.45) is 39.2. The molecular weight excluding hydrogens is 496 g/mol. The summed E-state index contributed by atoms with van der Waals surface area (Å²) in [4.78, 5) is 12.1. The molecule has 0 saturated heterocycles. The van der Waals surface area contributed by atoms with E-state index < -0.39 is 6.10 Å². The van der Waals surface area contributed by atoms with E-state index in [9.17, 15) is 9.90 Å². The lowest BCUT2D eigenvalue weighted by molar-refractivity contribution is -0.154. The second kappa shape index (κ2) is 34.1. The second-order valence-electron chi connectivity index (χ2n) is 11.6. The lowest BCUT2D eigenvalue weighted by Crippen LogP contribution is -2.27. The van der Waals surface area contributed by atoms with Gasteiger partial charge in [0, 0.05) is 13.0 Å². The molecule has 1 N–H and O–H groups in total. The maximum absolute atomic E-state index is 12.1. The molecule has 0 aliphatic heterocycles. The van der Waals surface area contributed by atoms with Crippen LogP contribution in [0.5, 0.6) is 0 Å². The topological polar surface area (TPSA) is 55.8 Å². The van der Waals surface area contributed by atoms with Crippen LogP contribution in [0.25, 0.3) is 0 Å². The molecule has 0 rings (SSSR count). The zero-order valence-corrected chi connectivity index (χ0v) is 26.9. The molecule has 40 heavy (non-hydrogen) atoms. The number of esters is 1. The molecular formula is C36H68O4. The van der Waals surface area contributed by atoms with Crippen molar-refractivity contribution in [3.8, 4) is 0 Å². The Kier molecular flexibility index (Phi) is 33.1. The summed E-state index contributed by atoms with van der Waals surface area (Å²) in [5.74, 6) is -0.206. The minimum atomic E-state index is -0.529. The van der Waals surface area contributed by atoms with Crippen molar-refractivity contribution in [3.63, 3.8) is 0 Å². The van der Waals surface area contributed by atoms with E-state index in [2.05, 4.69) is 38.2 Å². The molecule has 236 valence electrons. The molecule has 0 saturated carbocycles. The molecule has 4 heteroatoms. The van der Waals surface area contributed by atoms with E-state index in [0.717, 1.165) is 25.7 Å². The fraction of sp³-hybridized carbons (Fsp3) is 0.861. The smallest absolute Gasteiger partial charge is 0.306 e. The first-order chi connectivity index (χ1) is 19.7. The maximum atomic E-state index is 12.1. The molecule has 0 aliphatic rings. The number of hydrogen-bond donors (Lipinski definition) is 1. The SMILES string of the molecule is CCCCC/C=C\C/C=C\CCCCCCCCCCCC(=O)OC(CO)COCCCCCCCCCCC. The van der Waals surface area contributed by atoms with Gasteiger partial charge in [-0.15, -0.1) is 0 Å². The molecule has 4 nitrogen and oxygen atoms in total. The monoisotopic (exact) mass is 565 g/mol. The van der Waals surface area contributed by atoms with Gasteiger partial charge in [0.2, 0.25) is 0 Å². The quantitative estimate of drug-likeness (QED) is 0.0501. The number of carbonyl (C=O) groups is 1. The lowest BCUT2D eigenvalue weighted by Gasteiger charge is -2.16. The Morgan fingerprint density at radius 2 is 1.05 bits per heavy atom. The number of allylic oxidation sites excluding steroid dienone is 4. The third-order valence-electron chi connectivity index (χ3n) is 7.53. The molecule has 1 unspecified atom stereocenters. The van der Waals surface area contributed by atoms with E-state index >= 15 is 0 Å². The minimum Gasteiger partial charge on any atom is -0.457 e. The number of unbranched alkanes of at least 4 members (excludes halogenated alkanes) is 20. The Hall–Kier alpha value is -1.13. The molecule has 1 atom stereocenters. The van der Waals surface area contributed by atoms with Crippen LogP contribution < -0.4 is 0 Å². The van der Waals surface area contributed by atoms with Gasteiger partial charge in [-0.1, -0.05) is 147 Å². The van der Waals surface area contributed by atoms with Crippen LogP contribution >= 0.6 is 0 Å².